The smallest absolute Gasteiger partial charge is 0.318 e. The quantitative estimate of drug-likeness (QED) is 0.375. The van der Waals surface area contributed by atoms with E-state index in [4.69, 9.17) is 4.99 Å². The van der Waals surface area contributed by atoms with Crippen molar-refractivity contribution in [2.24, 2.45) is 10.4 Å². The molecule has 2 aliphatic rings. The Morgan fingerprint density at radius 1 is 1.27 bits per heavy atom. The maximum Gasteiger partial charge on any atom is 0.318 e. The summed E-state index contributed by atoms with van der Waals surface area (Å²) < 4.78 is 1.00. The molecule has 192 valence electrons. The number of allylic oxidation sites excluding steroid dienone is 1. The molecule has 2 aromatic heterocycles. The minimum atomic E-state index is -1.31. The number of pyridine rings is 1. The first-order valence-electron chi connectivity index (χ1n) is 12.3. The van der Waals surface area contributed by atoms with Gasteiger partial charge in [-0.05, 0) is 50.1 Å². The predicted molar refractivity (Wildman–Crippen MR) is 145 cm³/mol. The van der Waals surface area contributed by atoms with Crippen molar-refractivity contribution in [3.63, 3.8) is 0 Å². The van der Waals surface area contributed by atoms with Crippen molar-refractivity contribution in [3.8, 4) is 11.3 Å². The largest absolute Gasteiger partial charge is 0.481 e. The molecule has 4 N–H and O–H groups in total. The van der Waals surface area contributed by atoms with E-state index in [0.717, 1.165) is 27.2 Å². The molecule has 4 heterocycles. The SMILES string of the molecule is CCNC(=O)NC1(C2CC(CC)(C(=O)O)CN2)N=CC=CN1c1cc(-c2ccccn2)c2scnc2c1. The molecule has 0 radical (unpaired) electrons. The van der Waals surface area contributed by atoms with Gasteiger partial charge in [-0.2, -0.15) is 0 Å². The van der Waals surface area contributed by atoms with E-state index in [9.17, 15) is 14.7 Å². The second-order valence-electron chi connectivity index (χ2n) is 9.19. The van der Waals surface area contributed by atoms with Gasteiger partial charge in [0.1, 0.15) is 0 Å². The van der Waals surface area contributed by atoms with E-state index in [1.165, 1.54) is 11.3 Å². The number of carbonyl (C=O) groups excluding carboxylic acids is 1. The van der Waals surface area contributed by atoms with Crippen molar-refractivity contribution in [1.29, 1.82) is 0 Å². The Balaban J connectivity index is 1.65. The number of hydrogen-bond donors (Lipinski definition) is 4. The number of anilines is 1. The molecule has 1 fully saturated rings. The maximum atomic E-state index is 13.0. The molecule has 2 aliphatic heterocycles. The third-order valence-electron chi connectivity index (χ3n) is 7.13. The summed E-state index contributed by atoms with van der Waals surface area (Å²) in [5.41, 5.74) is 4.10. The highest BCUT2D eigenvalue weighted by atomic mass is 32.1. The van der Waals surface area contributed by atoms with Gasteiger partial charge >= 0.3 is 12.0 Å². The summed E-state index contributed by atoms with van der Waals surface area (Å²) >= 11 is 1.54. The number of aliphatic imine (C=N–C) groups is 1. The van der Waals surface area contributed by atoms with Gasteiger partial charge in [-0.25, -0.2) is 14.8 Å². The Bertz CT molecular complexity index is 1380. The third kappa shape index (κ3) is 4.34. The Morgan fingerprint density at radius 2 is 2.14 bits per heavy atom. The topological polar surface area (TPSA) is 132 Å². The number of aromatic nitrogens is 2. The highest BCUT2D eigenvalue weighted by Gasteiger charge is 2.55. The Morgan fingerprint density at radius 3 is 2.84 bits per heavy atom. The standard InChI is InChI=1S/C26H29N7O3S/c1-3-25(23(34)35)14-21(29-15-25)26(32-24(36)27-4-2)31-10-7-11-33(26)17-12-18(19-8-5-6-9-28-19)22-20(13-17)30-16-37-22/h5-13,16,21,29H,3-4,14-15H2,1-2H3,(H,34,35)(H2,27,32,36). The number of urea groups is 1. The second-order valence-corrected chi connectivity index (χ2v) is 10.0. The average molecular weight is 520 g/mol. The van der Waals surface area contributed by atoms with E-state index in [1.807, 2.05) is 55.3 Å². The summed E-state index contributed by atoms with van der Waals surface area (Å²) in [4.78, 5) is 41.0. The van der Waals surface area contributed by atoms with Crippen LogP contribution in [0.1, 0.15) is 26.7 Å². The summed E-state index contributed by atoms with van der Waals surface area (Å²) in [7, 11) is 0. The summed E-state index contributed by atoms with van der Waals surface area (Å²) in [6.45, 7) is 4.42. The minimum absolute atomic E-state index is 0.277. The predicted octanol–water partition coefficient (Wildman–Crippen LogP) is 3.58. The van der Waals surface area contributed by atoms with Crippen LogP contribution in [0.2, 0.25) is 0 Å². The van der Waals surface area contributed by atoms with Gasteiger partial charge < -0.3 is 20.6 Å². The molecule has 0 bridgehead atoms. The lowest BCUT2D eigenvalue weighted by Gasteiger charge is -2.46. The molecule has 3 atom stereocenters. The van der Waals surface area contributed by atoms with Gasteiger partial charge in [-0.3, -0.25) is 15.1 Å². The molecule has 3 unspecified atom stereocenters. The second kappa shape index (κ2) is 9.91. The van der Waals surface area contributed by atoms with Crippen molar-refractivity contribution < 1.29 is 14.7 Å². The van der Waals surface area contributed by atoms with Crippen molar-refractivity contribution in [2.45, 2.75) is 38.5 Å². The molecule has 3 aromatic rings. The van der Waals surface area contributed by atoms with Crippen LogP contribution in [0.4, 0.5) is 10.5 Å². The Hall–Kier alpha value is -3.83. The number of amides is 2. The minimum Gasteiger partial charge on any atom is -0.481 e. The van der Waals surface area contributed by atoms with Gasteiger partial charge in [-0.15, -0.1) is 11.3 Å². The van der Waals surface area contributed by atoms with Crippen LogP contribution < -0.4 is 20.9 Å². The number of carbonyl (C=O) groups is 2. The normalized spacial score (nSPS) is 24.9. The van der Waals surface area contributed by atoms with Gasteiger partial charge in [0.05, 0.1) is 32.9 Å². The number of thiazole rings is 1. The fourth-order valence-electron chi connectivity index (χ4n) is 5.08. The van der Waals surface area contributed by atoms with Crippen LogP contribution in [-0.2, 0) is 4.79 Å². The fourth-order valence-corrected chi connectivity index (χ4v) is 5.87. The van der Waals surface area contributed by atoms with E-state index in [-0.39, 0.29) is 6.54 Å². The molecule has 5 rings (SSSR count). The van der Waals surface area contributed by atoms with E-state index in [2.05, 4.69) is 25.9 Å². The third-order valence-corrected chi connectivity index (χ3v) is 8.00. The number of nitrogens with zero attached hydrogens (tertiary/aromatic N) is 4. The molecule has 0 saturated carbocycles. The van der Waals surface area contributed by atoms with Gasteiger partial charge in [0.2, 0.25) is 5.79 Å². The molecule has 37 heavy (non-hydrogen) atoms. The lowest BCUT2D eigenvalue weighted by atomic mass is 9.81. The van der Waals surface area contributed by atoms with E-state index in [1.54, 1.807) is 24.0 Å². The van der Waals surface area contributed by atoms with Crippen molar-refractivity contribution in [3.05, 3.63) is 54.3 Å². The summed E-state index contributed by atoms with van der Waals surface area (Å²) in [6, 6.07) is 8.84. The monoisotopic (exact) mass is 519 g/mol. The van der Waals surface area contributed by atoms with E-state index >= 15 is 0 Å². The number of fused-ring (bicyclic) bond motifs is 1. The zero-order valence-electron chi connectivity index (χ0n) is 20.6. The molecular formula is C26H29N7O3S. The number of carboxylic acids is 1. The van der Waals surface area contributed by atoms with Gasteiger partial charge in [0.25, 0.3) is 0 Å². The first-order valence-corrected chi connectivity index (χ1v) is 13.1. The number of nitrogens with one attached hydrogen (secondary N) is 3. The zero-order chi connectivity index (χ0) is 26.0. The molecule has 1 saturated heterocycles. The van der Waals surface area contributed by atoms with Gasteiger partial charge in [0.15, 0.2) is 0 Å². The summed E-state index contributed by atoms with van der Waals surface area (Å²) in [5.74, 6) is -2.17. The number of aliphatic carboxylic acids is 1. The van der Waals surface area contributed by atoms with E-state index in [0.29, 0.717) is 19.4 Å². The lowest BCUT2D eigenvalue weighted by molar-refractivity contribution is -0.148. The van der Waals surface area contributed by atoms with Gasteiger partial charge in [0, 0.05) is 43.0 Å². The first-order chi connectivity index (χ1) is 17.9. The molecule has 1 aromatic carbocycles. The van der Waals surface area contributed by atoms with Crippen LogP contribution >= 0.6 is 11.3 Å². The highest BCUT2D eigenvalue weighted by molar-refractivity contribution is 7.17. The maximum absolute atomic E-state index is 13.0. The Labute approximate surface area is 218 Å². The average Bonchev–Trinajstić information content (AvgIpc) is 3.57. The van der Waals surface area contributed by atoms with Crippen LogP contribution in [0.15, 0.2) is 59.3 Å². The molecule has 2 amide bonds. The summed E-state index contributed by atoms with van der Waals surface area (Å²) in [6.07, 6.45) is 7.78. The molecule has 10 nitrogen and oxygen atoms in total. The lowest BCUT2D eigenvalue weighted by Crippen LogP contribution is -2.69. The zero-order valence-corrected chi connectivity index (χ0v) is 21.5. The van der Waals surface area contributed by atoms with Crippen LogP contribution in [0.25, 0.3) is 21.5 Å². The molecule has 11 heteroatoms. The van der Waals surface area contributed by atoms with E-state index < -0.39 is 29.2 Å². The molecule has 0 aliphatic carbocycles. The number of hydrogen-bond acceptors (Lipinski definition) is 8. The summed E-state index contributed by atoms with van der Waals surface area (Å²) in [5, 5.41) is 19.3. The number of rotatable bonds is 7. The van der Waals surface area contributed by atoms with Crippen molar-refractivity contribution in [2.75, 3.05) is 18.0 Å². The highest BCUT2D eigenvalue weighted by Crippen LogP contribution is 2.42. The van der Waals surface area contributed by atoms with Gasteiger partial charge in [-0.1, -0.05) is 13.0 Å². The molecular weight excluding hydrogens is 490 g/mol. The number of carboxylic acid groups (broad SMARTS) is 1. The number of benzene rings is 1. The van der Waals surface area contributed by atoms with Crippen molar-refractivity contribution in [1.82, 2.24) is 25.9 Å². The Kier molecular flexibility index (Phi) is 6.65. The van der Waals surface area contributed by atoms with Crippen LogP contribution in [-0.4, -0.2) is 58.2 Å². The molecule has 0 spiro atoms. The van der Waals surface area contributed by atoms with Crippen LogP contribution in [0.3, 0.4) is 0 Å². The first kappa shape index (κ1) is 24.8. The fraction of sp³-hybridized carbons (Fsp3) is 0.346. The van der Waals surface area contributed by atoms with Crippen molar-refractivity contribution >= 4 is 45.5 Å². The van der Waals surface area contributed by atoms with Crippen LogP contribution in [0.5, 0.6) is 0 Å². The van der Waals surface area contributed by atoms with Crippen LogP contribution in [0, 0.1) is 5.41 Å².